The smallest absolute Gasteiger partial charge is 0.322 e. The number of methoxy groups -OCH3 is 1. The molecule has 3 atom stereocenters. The maximum absolute atomic E-state index is 13.9. The Labute approximate surface area is 189 Å². The van der Waals surface area contributed by atoms with E-state index >= 15 is 0 Å². The minimum atomic E-state index is -1.27. The summed E-state index contributed by atoms with van der Waals surface area (Å²) >= 11 is 0. The molecular formula is C23H25F3N4O3. The Balaban J connectivity index is 1.29. The summed E-state index contributed by atoms with van der Waals surface area (Å²) in [6.07, 6.45) is 0.529. The number of hydrogen-bond donors (Lipinski definition) is 2. The standard InChI is InChI=1S/C23H25F3N4O3/c1-33-18-4-2-15(3-5-18)28-23(32)30-12-16-9-17(30)11-29(16)22(31)8-14(27)6-13-7-20(25)21(26)10-19(13)24/h2-5,7,10,14,16-17H,6,8-9,11-12,27H2,1H3,(H,28,32)/t14-,16+,17-/m1/s1. The number of nitrogens with zero attached hydrogens (tertiary/aromatic N) is 2. The van der Waals surface area contributed by atoms with Crippen molar-refractivity contribution in [2.45, 2.75) is 37.4 Å². The van der Waals surface area contributed by atoms with Crippen LogP contribution < -0.4 is 15.8 Å². The molecule has 10 heteroatoms. The molecule has 0 spiro atoms. The number of carbonyl (C=O) groups excluding carboxylic acids is 2. The number of nitrogens with one attached hydrogen (secondary N) is 1. The summed E-state index contributed by atoms with van der Waals surface area (Å²) in [5.74, 6) is -2.83. The third-order valence-corrected chi connectivity index (χ3v) is 6.17. The largest absolute Gasteiger partial charge is 0.497 e. The van der Waals surface area contributed by atoms with Crippen molar-refractivity contribution in [2.75, 3.05) is 25.5 Å². The van der Waals surface area contributed by atoms with Crippen LogP contribution >= 0.6 is 0 Å². The van der Waals surface area contributed by atoms with Crippen molar-refractivity contribution in [1.29, 1.82) is 0 Å². The average Bonchev–Trinajstić information content (AvgIpc) is 3.39. The lowest BCUT2D eigenvalue weighted by atomic mass is 10.0. The fourth-order valence-corrected chi connectivity index (χ4v) is 4.51. The molecule has 2 aromatic carbocycles. The molecule has 2 heterocycles. The predicted octanol–water partition coefficient (Wildman–Crippen LogP) is 2.89. The van der Waals surface area contributed by atoms with Gasteiger partial charge in [0, 0.05) is 37.3 Å². The molecule has 7 nitrogen and oxygen atoms in total. The fraction of sp³-hybridized carbons (Fsp3) is 0.391. The van der Waals surface area contributed by atoms with E-state index in [4.69, 9.17) is 10.5 Å². The summed E-state index contributed by atoms with van der Waals surface area (Å²) in [6, 6.07) is 7.06. The lowest BCUT2D eigenvalue weighted by molar-refractivity contribution is -0.133. The molecule has 4 rings (SSSR count). The zero-order valence-electron chi connectivity index (χ0n) is 18.1. The molecule has 2 fully saturated rings. The molecule has 0 saturated carbocycles. The molecule has 3 amide bonds. The molecule has 0 unspecified atom stereocenters. The average molecular weight is 462 g/mol. The topological polar surface area (TPSA) is 87.9 Å². The number of piperazine rings is 1. The summed E-state index contributed by atoms with van der Waals surface area (Å²) in [4.78, 5) is 28.8. The van der Waals surface area contributed by atoms with Gasteiger partial charge in [-0.05, 0) is 48.7 Å². The molecule has 176 valence electrons. The van der Waals surface area contributed by atoms with Crippen LogP contribution in [-0.2, 0) is 11.2 Å². The first kappa shape index (κ1) is 22.9. The van der Waals surface area contributed by atoms with E-state index in [0.717, 1.165) is 6.07 Å². The first-order chi connectivity index (χ1) is 15.7. The van der Waals surface area contributed by atoms with Crippen LogP contribution in [-0.4, -0.2) is 60.1 Å². The predicted molar refractivity (Wildman–Crippen MR) is 115 cm³/mol. The highest BCUT2D eigenvalue weighted by atomic mass is 19.2. The van der Waals surface area contributed by atoms with Gasteiger partial charge in [0.25, 0.3) is 0 Å². The van der Waals surface area contributed by atoms with E-state index in [0.29, 0.717) is 37.0 Å². The molecule has 2 bridgehead atoms. The number of anilines is 1. The summed E-state index contributed by atoms with van der Waals surface area (Å²) < 4.78 is 45.4. The van der Waals surface area contributed by atoms with E-state index in [2.05, 4.69) is 5.32 Å². The number of hydrogen-bond acceptors (Lipinski definition) is 4. The van der Waals surface area contributed by atoms with Crippen LogP contribution in [0.25, 0.3) is 0 Å². The number of benzene rings is 2. The molecule has 2 aromatic rings. The van der Waals surface area contributed by atoms with Crippen molar-refractivity contribution in [1.82, 2.24) is 9.80 Å². The summed E-state index contributed by atoms with van der Waals surface area (Å²) in [5, 5.41) is 2.85. The molecule has 3 N–H and O–H groups in total. The highest BCUT2D eigenvalue weighted by Crippen LogP contribution is 2.32. The first-order valence-electron chi connectivity index (χ1n) is 10.6. The number of nitrogens with two attached hydrogens (primary N) is 1. The maximum atomic E-state index is 13.9. The van der Waals surface area contributed by atoms with Crippen LogP contribution in [0.5, 0.6) is 5.75 Å². The van der Waals surface area contributed by atoms with Crippen LogP contribution in [0.2, 0.25) is 0 Å². The molecule has 2 aliphatic rings. The van der Waals surface area contributed by atoms with Crippen molar-refractivity contribution >= 4 is 17.6 Å². The minimum Gasteiger partial charge on any atom is -0.497 e. The Kier molecular flexibility index (Phi) is 6.46. The molecule has 33 heavy (non-hydrogen) atoms. The van der Waals surface area contributed by atoms with Gasteiger partial charge in [-0.1, -0.05) is 0 Å². The number of amides is 3. The van der Waals surface area contributed by atoms with Crippen molar-refractivity contribution < 1.29 is 27.5 Å². The van der Waals surface area contributed by atoms with E-state index in [-0.39, 0.29) is 42.4 Å². The molecule has 0 aromatic heterocycles. The van der Waals surface area contributed by atoms with E-state index in [1.54, 1.807) is 41.2 Å². The number of ether oxygens (including phenoxy) is 1. The Bertz CT molecular complexity index is 1050. The summed E-state index contributed by atoms with van der Waals surface area (Å²) in [7, 11) is 1.56. The van der Waals surface area contributed by atoms with Gasteiger partial charge < -0.3 is 25.6 Å². The lowest BCUT2D eigenvalue weighted by Gasteiger charge is -2.34. The molecule has 0 radical (unpaired) electrons. The second-order valence-corrected chi connectivity index (χ2v) is 8.43. The van der Waals surface area contributed by atoms with Gasteiger partial charge >= 0.3 is 6.03 Å². The quantitative estimate of drug-likeness (QED) is 0.647. The fourth-order valence-electron chi connectivity index (χ4n) is 4.51. The first-order valence-corrected chi connectivity index (χ1v) is 10.6. The van der Waals surface area contributed by atoms with Crippen LogP contribution in [0.1, 0.15) is 18.4 Å². The maximum Gasteiger partial charge on any atom is 0.322 e. The van der Waals surface area contributed by atoms with E-state index in [9.17, 15) is 22.8 Å². The van der Waals surface area contributed by atoms with Gasteiger partial charge in [0.15, 0.2) is 11.6 Å². The number of urea groups is 1. The van der Waals surface area contributed by atoms with Crippen LogP contribution in [0.3, 0.4) is 0 Å². The number of halogens is 3. The Morgan fingerprint density at radius 2 is 1.70 bits per heavy atom. The van der Waals surface area contributed by atoms with E-state index < -0.39 is 23.5 Å². The normalized spacial score (nSPS) is 20.2. The van der Waals surface area contributed by atoms with Crippen LogP contribution in [0.15, 0.2) is 36.4 Å². The van der Waals surface area contributed by atoms with Crippen molar-refractivity contribution in [3.63, 3.8) is 0 Å². The van der Waals surface area contributed by atoms with Gasteiger partial charge in [-0.25, -0.2) is 18.0 Å². The number of carbonyl (C=O) groups is 2. The van der Waals surface area contributed by atoms with Crippen molar-refractivity contribution in [3.05, 3.63) is 59.4 Å². The van der Waals surface area contributed by atoms with Crippen LogP contribution in [0.4, 0.5) is 23.7 Å². The number of fused-ring (bicyclic) bond motifs is 2. The highest BCUT2D eigenvalue weighted by molar-refractivity contribution is 5.90. The lowest BCUT2D eigenvalue weighted by Crippen LogP contribution is -2.52. The third kappa shape index (κ3) is 4.90. The van der Waals surface area contributed by atoms with Crippen LogP contribution in [0, 0.1) is 17.5 Å². The van der Waals surface area contributed by atoms with Gasteiger partial charge in [-0.3, -0.25) is 4.79 Å². The number of rotatable bonds is 6. The Hall–Kier alpha value is -3.27. The third-order valence-electron chi connectivity index (χ3n) is 6.17. The molecule has 0 aliphatic carbocycles. The van der Waals surface area contributed by atoms with E-state index in [1.165, 1.54) is 0 Å². The van der Waals surface area contributed by atoms with Gasteiger partial charge in [-0.15, -0.1) is 0 Å². The Morgan fingerprint density at radius 3 is 2.33 bits per heavy atom. The molecular weight excluding hydrogens is 437 g/mol. The van der Waals surface area contributed by atoms with E-state index in [1.807, 2.05) is 0 Å². The second kappa shape index (κ2) is 9.30. The van der Waals surface area contributed by atoms with Crippen molar-refractivity contribution in [3.8, 4) is 5.75 Å². The second-order valence-electron chi connectivity index (χ2n) is 8.43. The van der Waals surface area contributed by atoms with Gasteiger partial charge in [-0.2, -0.15) is 0 Å². The SMILES string of the molecule is COc1ccc(NC(=O)N2C[C@@H]3C[C@@H]2CN3C(=O)C[C@H](N)Cc2cc(F)c(F)cc2F)cc1. The monoisotopic (exact) mass is 462 g/mol. The minimum absolute atomic E-state index is 0.0559. The van der Waals surface area contributed by atoms with Gasteiger partial charge in [0.2, 0.25) is 5.91 Å². The molecule has 2 aliphatic heterocycles. The molecule has 2 saturated heterocycles. The van der Waals surface area contributed by atoms with Crippen molar-refractivity contribution in [2.24, 2.45) is 5.73 Å². The van der Waals surface area contributed by atoms with Gasteiger partial charge in [0.1, 0.15) is 11.6 Å². The zero-order valence-corrected chi connectivity index (χ0v) is 18.1. The Morgan fingerprint density at radius 1 is 1.06 bits per heavy atom. The highest BCUT2D eigenvalue weighted by Gasteiger charge is 2.47. The summed E-state index contributed by atoms with van der Waals surface area (Å²) in [5.41, 5.74) is 6.57. The zero-order chi connectivity index (χ0) is 23.7. The van der Waals surface area contributed by atoms with Gasteiger partial charge in [0.05, 0.1) is 19.2 Å². The number of likely N-dealkylation sites (tertiary alicyclic amines) is 2. The summed E-state index contributed by atoms with van der Waals surface area (Å²) in [6.45, 7) is 0.803.